The molecular formula is C18H11BrN2. The van der Waals surface area contributed by atoms with Crippen molar-refractivity contribution in [3.8, 4) is 11.1 Å². The number of rotatable bonds is 1. The van der Waals surface area contributed by atoms with Crippen molar-refractivity contribution < 1.29 is 0 Å². The van der Waals surface area contributed by atoms with Crippen LogP contribution in [0.15, 0.2) is 71.5 Å². The number of hydrogen-bond donors (Lipinski definition) is 0. The Morgan fingerprint density at radius 2 is 1.57 bits per heavy atom. The Morgan fingerprint density at radius 1 is 0.762 bits per heavy atom. The lowest BCUT2D eigenvalue weighted by molar-refractivity contribution is 1.37. The molecule has 2 aromatic heterocycles. The molecule has 0 aliphatic heterocycles. The zero-order chi connectivity index (χ0) is 14.2. The maximum absolute atomic E-state index is 4.54. The first-order valence-electron chi connectivity index (χ1n) is 6.71. The SMILES string of the molecule is Brc1cccc(-c2cc3cccnc3c3ncccc23)c1. The first-order valence-corrected chi connectivity index (χ1v) is 7.50. The largest absolute Gasteiger partial charge is 0.254 e. The molecule has 0 saturated heterocycles. The van der Waals surface area contributed by atoms with Crippen molar-refractivity contribution in [3.05, 3.63) is 71.5 Å². The Kier molecular flexibility index (Phi) is 2.93. The van der Waals surface area contributed by atoms with Crippen LogP contribution in [0.5, 0.6) is 0 Å². The van der Waals surface area contributed by atoms with Crippen LogP contribution in [0, 0.1) is 0 Å². The summed E-state index contributed by atoms with van der Waals surface area (Å²) in [5, 5.41) is 2.24. The number of aromatic nitrogens is 2. The lowest BCUT2D eigenvalue weighted by Crippen LogP contribution is -1.88. The van der Waals surface area contributed by atoms with Gasteiger partial charge in [-0.25, -0.2) is 0 Å². The van der Waals surface area contributed by atoms with E-state index in [1.54, 1.807) is 0 Å². The highest BCUT2D eigenvalue weighted by atomic mass is 79.9. The highest BCUT2D eigenvalue weighted by molar-refractivity contribution is 9.10. The lowest BCUT2D eigenvalue weighted by atomic mass is 9.98. The minimum atomic E-state index is 0.950. The summed E-state index contributed by atoms with van der Waals surface area (Å²) in [5.74, 6) is 0. The number of nitrogens with zero attached hydrogens (tertiary/aromatic N) is 2. The van der Waals surface area contributed by atoms with Crippen molar-refractivity contribution in [2.24, 2.45) is 0 Å². The van der Waals surface area contributed by atoms with Crippen molar-refractivity contribution in [3.63, 3.8) is 0 Å². The molecule has 0 unspecified atom stereocenters. The molecule has 0 radical (unpaired) electrons. The van der Waals surface area contributed by atoms with Crippen LogP contribution in [-0.4, -0.2) is 9.97 Å². The second-order valence-corrected chi connectivity index (χ2v) is 5.82. The first kappa shape index (κ1) is 12.5. The van der Waals surface area contributed by atoms with Gasteiger partial charge in [0.15, 0.2) is 0 Å². The van der Waals surface area contributed by atoms with E-state index < -0.39 is 0 Å². The first-order chi connectivity index (χ1) is 10.3. The molecule has 3 heteroatoms. The number of benzene rings is 2. The van der Waals surface area contributed by atoms with Crippen LogP contribution >= 0.6 is 15.9 Å². The fraction of sp³-hybridized carbons (Fsp3) is 0. The van der Waals surface area contributed by atoms with Gasteiger partial charge in [-0.15, -0.1) is 0 Å². The Morgan fingerprint density at radius 3 is 2.43 bits per heavy atom. The molecule has 4 rings (SSSR count). The van der Waals surface area contributed by atoms with Crippen molar-refractivity contribution in [2.75, 3.05) is 0 Å². The highest BCUT2D eigenvalue weighted by Crippen LogP contribution is 2.33. The summed E-state index contributed by atoms with van der Waals surface area (Å²) in [5.41, 5.74) is 4.26. The molecule has 2 nitrogen and oxygen atoms in total. The van der Waals surface area contributed by atoms with Crippen LogP contribution in [0.2, 0.25) is 0 Å². The summed E-state index contributed by atoms with van der Waals surface area (Å²) >= 11 is 3.55. The summed E-state index contributed by atoms with van der Waals surface area (Å²) in [6.07, 6.45) is 3.64. The van der Waals surface area contributed by atoms with Crippen LogP contribution in [0.4, 0.5) is 0 Å². The third-order valence-corrected chi connectivity index (χ3v) is 4.09. The van der Waals surface area contributed by atoms with Gasteiger partial charge >= 0.3 is 0 Å². The monoisotopic (exact) mass is 334 g/mol. The Bertz CT molecular complexity index is 963. The number of fused-ring (bicyclic) bond motifs is 3. The van der Waals surface area contributed by atoms with Gasteiger partial charge in [0.05, 0.1) is 11.0 Å². The predicted octanol–water partition coefficient (Wildman–Crippen LogP) is 5.21. The summed E-state index contributed by atoms with van der Waals surface area (Å²) in [6, 6.07) is 18.6. The van der Waals surface area contributed by atoms with Crippen LogP contribution < -0.4 is 0 Å². The second kappa shape index (κ2) is 4.93. The number of halogens is 1. The quantitative estimate of drug-likeness (QED) is 0.446. The average Bonchev–Trinajstić information content (AvgIpc) is 2.54. The standard InChI is InChI=1S/C18H11BrN2/c19-14-6-1-4-12(10-14)16-11-13-5-2-8-20-17(13)18-15(16)7-3-9-21-18/h1-11H. The number of hydrogen-bond acceptors (Lipinski definition) is 2. The van der Waals surface area contributed by atoms with Gasteiger partial charge < -0.3 is 0 Å². The van der Waals surface area contributed by atoms with Crippen molar-refractivity contribution in [1.82, 2.24) is 9.97 Å². The molecule has 0 atom stereocenters. The van der Waals surface area contributed by atoms with Gasteiger partial charge in [0.25, 0.3) is 0 Å². The summed E-state index contributed by atoms with van der Waals surface area (Å²) < 4.78 is 1.07. The topological polar surface area (TPSA) is 25.8 Å². The van der Waals surface area contributed by atoms with E-state index in [2.05, 4.69) is 62.3 Å². The maximum atomic E-state index is 4.54. The van der Waals surface area contributed by atoms with Crippen LogP contribution in [-0.2, 0) is 0 Å². The molecule has 4 aromatic rings. The van der Waals surface area contributed by atoms with Gasteiger partial charge in [-0.3, -0.25) is 9.97 Å². The molecule has 21 heavy (non-hydrogen) atoms. The summed E-state index contributed by atoms with van der Waals surface area (Å²) in [4.78, 5) is 9.03. The second-order valence-electron chi connectivity index (χ2n) is 4.91. The van der Waals surface area contributed by atoms with Gasteiger partial charge in [-0.1, -0.05) is 40.2 Å². The smallest absolute Gasteiger partial charge is 0.0970 e. The van der Waals surface area contributed by atoms with E-state index in [-0.39, 0.29) is 0 Å². The predicted molar refractivity (Wildman–Crippen MR) is 90.2 cm³/mol. The van der Waals surface area contributed by atoms with Crippen LogP contribution in [0.25, 0.3) is 32.9 Å². The Labute approximate surface area is 130 Å². The lowest BCUT2D eigenvalue weighted by Gasteiger charge is -2.09. The molecule has 0 bridgehead atoms. The van der Waals surface area contributed by atoms with Crippen molar-refractivity contribution >= 4 is 37.7 Å². The molecule has 100 valence electrons. The molecule has 0 fully saturated rings. The highest BCUT2D eigenvalue weighted by Gasteiger charge is 2.09. The molecule has 0 spiro atoms. The fourth-order valence-corrected chi connectivity index (χ4v) is 3.07. The zero-order valence-corrected chi connectivity index (χ0v) is 12.7. The molecule has 2 aromatic carbocycles. The van der Waals surface area contributed by atoms with Gasteiger partial charge in [-0.2, -0.15) is 0 Å². The fourth-order valence-electron chi connectivity index (χ4n) is 2.67. The molecule has 0 N–H and O–H groups in total. The third-order valence-electron chi connectivity index (χ3n) is 3.60. The molecule has 0 aliphatic carbocycles. The van der Waals surface area contributed by atoms with E-state index >= 15 is 0 Å². The van der Waals surface area contributed by atoms with Gasteiger partial charge in [0.1, 0.15) is 0 Å². The van der Waals surface area contributed by atoms with E-state index in [0.29, 0.717) is 0 Å². The Balaban J connectivity index is 2.16. The molecular weight excluding hydrogens is 324 g/mol. The van der Waals surface area contributed by atoms with Crippen LogP contribution in [0.3, 0.4) is 0 Å². The molecule has 0 saturated carbocycles. The summed E-state index contributed by atoms with van der Waals surface area (Å²) in [6.45, 7) is 0. The normalized spacial score (nSPS) is 11.1. The van der Waals surface area contributed by atoms with E-state index in [4.69, 9.17) is 0 Å². The minimum absolute atomic E-state index is 0.950. The van der Waals surface area contributed by atoms with E-state index in [1.165, 1.54) is 11.1 Å². The van der Waals surface area contributed by atoms with Gasteiger partial charge in [-0.05, 0) is 41.5 Å². The molecule has 2 heterocycles. The van der Waals surface area contributed by atoms with E-state index in [9.17, 15) is 0 Å². The zero-order valence-electron chi connectivity index (χ0n) is 11.1. The van der Waals surface area contributed by atoms with Crippen molar-refractivity contribution in [1.29, 1.82) is 0 Å². The van der Waals surface area contributed by atoms with Crippen LogP contribution in [0.1, 0.15) is 0 Å². The molecule has 0 aliphatic rings. The van der Waals surface area contributed by atoms with Gasteiger partial charge in [0.2, 0.25) is 0 Å². The summed E-state index contributed by atoms with van der Waals surface area (Å²) in [7, 11) is 0. The average molecular weight is 335 g/mol. The van der Waals surface area contributed by atoms with E-state index in [1.807, 2.05) is 30.6 Å². The van der Waals surface area contributed by atoms with Gasteiger partial charge in [0, 0.05) is 27.6 Å². The maximum Gasteiger partial charge on any atom is 0.0970 e. The molecule has 0 amide bonds. The third kappa shape index (κ3) is 2.10. The van der Waals surface area contributed by atoms with E-state index in [0.717, 1.165) is 26.3 Å². The van der Waals surface area contributed by atoms with Crippen molar-refractivity contribution in [2.45, 2.75) is 0 Å². The number of pyridine rings is 2. The minimum Gasteiger partial charge on any atom is -0.254 e. The Hall–Kier alpha value is -2.26.